The van der Waals surface area contributed by atoms with Crippen LogP contribution in [0.15, 0.2) is 5.38 Å². The van der Waals surface area contributed by atoms with Crippen molar-refractivity contribution in [1.29, 1.82) is 0 Å². The molecule has 1 fully saturated rings. The van der Waals surface area contributed by atoms with Crippen LogP contribution in [0.2, 0.25) is 0 Å². The molecule has 0 aromatic carbocycles. The van der Waals surface area contributed by atoms with Gasteiger partial charge in [0.25, 0.3) is 0 Å². The Morgan fingerprint density at radius 2 is 2.09 bits per heavy atom. The fraction of sp³-hybridized carbons (Fsp3) is 0.706. The van der Waals surface area contributed by atoms with Crippen molar-refractivity contribution in [1.82, 2.24) is 14.3 Å². The molecule has 1 aliphatic heterocycles. The average Bonchev–Trinajstić information content (AvgIpc) is 3.16. The molecule has 0 radical (unpaired) electrons. The van der Waals surface area contributed by atoms with Gasteiger partial charge in [-0.2, -0.15) is 4.37 Å². The molecule has 1 saturated heterocycles. The monoisotopic (exact) mass is 350 g/mol. The van der Waals surface area contributed by atoms with Gasteiger partial charge in [-0.15, -0.1) is 11.3 Å². The summed E-state index contributed by atoms with van der Waals surface area (Å²) in [7, 11) is 0. The lowest BCUT2D eigenvalue weighted by atomic mass is 9.99. The van der Waals surface area contributed by atoms with E-state index in [1.54, 1.807) is 11.5 Å². The second kappa shape index (κ2) is 7.26. The Morgan fingerprint density at radius 3 is 2.78 bits per heavy atom. The van der Waals surface area contributed by atoms with Crippen molar-refractivity contribution in [3.63, 3.8) is 0 Å². The minimum absolute atomic E-state index is 0.515. The van der Waals surface area contributed by atoms with Crippen LogP contribution in [0.4, 0.5) is 5.13 Å². The number of aromatic nitrogens is 3. The zero-order valence-electron chi connectivity index (χ0n) is 14.5. The molecule has 0 bridgehead atoms. The smallest absolute Gasteiger partial charge is 0.205 e. The number of hydrogen-bond donors (Lipinski definition) is 0. The van der Waals surface area contributed by atoms with Crippen molar-refractivity contribution >= 4 is 28.0 Å². The van der Waals surface area contributed by atoms with E-state index in [-0.39, 0.29) is 0 Å². The lowest BCUT2D eigenvalue weighted by Crippen LogP contribution is -2.34. The van der Waals surface area contributed by atoms with E-state index in [0.717, 1.165) is 30.5 Å². The van der Waals surface area contributed by atoms with Crippen molar-refractivity contribution in [2.75, 3.05) is 18.0 Å². The first-order valence-electron chi connectivity index (χ1n) is 8.55. The molecule has 6 heteroatoms. The number of nitrogens with zero attached hydrogens (tertiary/aromatic N) is 4. The van der Waals surface area contributed by atoms with Crippen molar-refractivity contribution in [3.8, 4) is 0 Å². The van der Waals surface area contributed by atoms with Gasteiger partial charge in [-0.25, -0.2) is 9.97 Å². The van der Waals surface area contributed by atoms with Crippen LogP contribution in [0.3, 0.4) is 0 Å². The normalized spacial score (nSPS) is 19.0. The molecule has 3 rings (SSSR count). The molecule has 2 aromatic heterocycles. The molecule has 23 heavy (non-hydrogen) atoms. The van der Waals surface area contributed by atoms with Crippen molar-refractivity contribution < 1.29 is 0 Å². The zero-order valence-corrected chi connectivity index (χ0v) is 16.1. The van der Waals surface area contributed by atoms with Crippen molar-refractivity contribution in [2.24, 2.45) is 5.92 Å². The maximum atomic E-state index is 4.87. The van der Waals surface area contributed by atoms with Gasteiger partial charge in [0.1, 0.15) is 5.82 Å². The topological polar surface area (TPSA) is 41.9 Å². The Kier molecular flexibility index (Phi) is 5.31. The van der Waals surface area contributed by atoms with Gasteiger partial charge in [-0.1, -0.05) is 27.7 Å². The first kappa shape index (κ1) is 16.8. The molecule has 0 saturated carbocycles. The van der Waals surface area contributed by atoms with Gasteiger partial charge in [0.05, 0.1) is 10.7 Å². The summed E-state index contributed by atoms with van der Waals surface area (Å²) in [5, 5.41) is 4.61. The van der Waals surface area contributed by atoms with Crippen LogP contribution in [0.1, 0.15) is 68.9 Å². The maximum Gasteiger partial charge on any atom is 0.205 e. The van der Waals surface area contributed by atoms with Gasteiger partial charge in [-0.05, 0) is 24.7 Å². The van der Waals surface area contributed by atoms with Crippen LogP contribution >= 0.6 is 22.9 Å². The molecule has 0 amide bonds. The third-order valence-electron chi connectivity index (χ3n) is 4.22. The molecule has 2 aromatic rings. The van der Waals surface area contributed by atoms with Crippen LogP contribution < -0.4 is 4.90 Å². The highest BCUT2D eigenvalue weighted by atomic mass is 32.1. The molecule has 1 unspecified atom stereocenters. The first-order chi connectivity index (χ1) is 11.0. The molecule has 126 valence electrons. The fourth-order valence-electron chi connectivity index (χ4n) is 2.93. The molecule has 0 N–H and O–H groups in total. The van der Waals surface area contributed by atoms with Gasteiger partial charge in [0.2, 0.25) is 5.13 Å². The predicted octanol–water partition coefficient (Wildman–Crippen LogP) is 4.70. The predicted molar refractivity (Wildman–Crippen MR) is 98.8 cm³/mol. The summed E-state index contributed by atoms with van der Waals surface area (Å²) in [4.78, 5) is 12.0. The Labute approximate surface area is 147 Å². The number of anilines is 1. The summed E-state index contributed by atoms with van der Waals surface area (Å²) in [6.07, 6.45) is 3.41. The molecule has 0 spiro atoms. The van der Waals surface area contributed by atoms with Gasteiger partial charge >= 0.3 is 0 Å². The number of rotatable bonds is 5. The third-order valence-corrected chi connectivity index (χ3v) is 6.06. The van der Waals surface area contributed by atoms with Crippen molar-refractivity contribution in [3.05, 3.63) is 21.9 Å². The van der Waals surface area contributed by atoms with E-state index in [1.807, 2.05) is 11.3 Å². The molecular formula is C17H26N4S2. The minimum atomic E-state index is 0.515. The van der Waals surface area contributed by atoms with Crippen LogP contribution in [0.5, 0.6) is 0 Å². The van der Waals surface area contributed by atoms with Crippen LogP contribution in [-0.2, 0) is 6.42 Å². The summed E-state index contributed by atoms with van der Waals surface area (Å²) >= 11 is 3.38. The molecule has 1 aliphatic rings. The first-order valence-corrected chi connectivity index (χ1v) is 10.2. The van der Waals surface area contributed by atoms with E-state index in [0.29, 0.717) is 17.8 Å². The van der Waals surface area contributed by atoms with Gasteiger partial charge in [0.15, 0.2) is 0 Å². The van der Waals surface area contributed by atoms with E-state index in [1.165, 1.54) is 23.5 Å². The zero-order chi connectivity index (χ0) is 16.4. The number of hydrogen-bond acceptors (Lipinski definition) is 6. The van der Waals surface area contributed by atoms with E-state index in [9.17, 15) is 0 Å². The molecular weight excluding hydrogens is 324 g/mol. The van der Waals surface area contributed by atoms with Gasteiger partial charge < -0.3 is 4.90 Å². The second-order valence-electron chi connectivity index (χ2n) is 7.14. The molecule has 3 heterocycles. The Morgan fingerprint density at radius 1 is 1.26 bits per heavy atom. The SMILES string of the molecule is CC(C)Cc1nsc(N2CCCC(c3nc(C(C)C)cs3)C2)n1. The number of piperidine rings is 1. The standard InChI is InChI=1S/C17H26N4S2/c1-11(2)8-15-19-17(23-20-15)21-7-5-6-13(9-21)16-18-14(10-22-16)12(3)4/h10-13H,5-9H2,1-4H3. The van der Waals surface area contributed by atoms with Crippen molar-refractivity contribution in [2.45, 2.75) is 58.8 Å². The lowest BCUT2D eigenvalue weighted by molar-refractivity contribution is 0.506. The quantitative estimate of drug-likeness (QED) is 0.784. The van der Waals surface area contributed by atoms with Crippen LogP contribution in [0, 0.1) is 5.92 Å². The average molecular weight is 351 g/mol. The van der Waals surface area contributed by atoms with E-state index in [2.05, 4.69) is 42.3 Å². The third kappa shape index (κ3) is 4.10. The Bertz CT molecular complexity index is 632. The highest BCUT2D eigenvalue weighted by Gasteiger charge is 2.26. The minimum Gasteiger partial charge on any atom is -0.346 e. The van der Waals surface area contributed by atoms with Gasteiger partial charge in [0, 0.05) is 42.3 Å². The molecule has 1 atom stereocenters. The maximum absolute atomic E-state index is 4.87. The molecule has 0 aliphatic carbocycles. The second-order valence-corrected chi connectivity index (χ2v) is 8.76. The number of thiazole rings is 1. The Balaban J connectivity index is 1.69. The largest absolute Gasteiger partial charge is 0.346 e. The Hall–Kier alpha value is -1.01. The highest BCUT2D eigenvalue weighted by molar-refractivity contribution is 7.10. The van der Waals surface area contributed by atoms with Gasteiger partial charge in [-0.3, -0.25) is 0 Å². The lowest BCUT2D eigenvalue weighted by Gasteiger charge is -2.31. The summed E-state index contributed by atoms with van der Waals surface area (Å²) < 4.78 is 4.53. The fourth-order valence-corrected chi connectivity index (χ4v) is 4.77. The van der Waals surface area contributed by atoms with E-state index in [4.69, 9.17) is 9.97 Å². The van der Waals surface area contributed by atoms with Crippen LogP contribution in [-0.4, -0.2) is 27.4 Å². The highest BCUT2D eigenvalue weighted by Crippen LogP contribution is 2.33. The summed E-state index contributed by atoms with van der Waals surface area (Å²) in [6.45, 7) is 11.0. The summed E-state index contributed by atoms with van der Waals surface area (Å²) in [6, 6.07) is 0. The summed E-state index contributed by atoms with van der Waals surface area (Å²) in [5.74, 6) is 2.66. The van der Waals surface area contributed by atoms with Crippen LogP contribution in [0.25, 0.3) is 0 Å². The van der Waals surface area contributed by atoms with E-state index >= 15 is 0 Å². The van der Waals surface area contributed by atoms with E-state index < -0.39 is 0 Å². The summed E-state index contributed by atoms with van der Waals surface area (Å²) in [5.41, 5.74) is 1.23. The molecule has 4 nitrogen and oxygen atoms in total.